The summed E-state index contributed by atoms with van der Waals surface area (Å²) < 4.78 is 26.1. The molecule has 0 unspecified atom stereocenters. The number of rotatable bonds is 7. The van der Waals surface area contributed by atoms with Crippen molar-refractivity contribution in [2.24, 2.45) is 0 Å². The van der Waals surface area contributed by atoms with Gasteiger partial charge in [0.2, 0.25) is 0 Å². The Labute approximate surface area is 156 Å². The van der Waals surface area contributed by atoms with Gasteiger partial charge < -0.3 is 33.9 Å². The zero-order chi connectivity index (χ0) is 19.6. The molecule has 0 heterocycles. The molecule has 2 N–H and O–H groups in total. The van der Waals surface area contributed by atoms with E-state index in [0.717, 1.165) is 0 Å². The van der Waals surface area contributed by atoms with Crippen molar-refractivity contribution < 1.29 is 38.7 Å². The van der Waals surface area contributed by atoms with Gasteiger partial charge in [0.05, 0.1) is 24.2 Å². The summed E-state index contributed by atoms with van der Waals surface area (Å²) in [4.78, 5) is 12.6. The first kappa shape index (κ1) is 19.2. The summed E-state index contributed by atoms with van der Waals surface area (Å²) in [5.41, 5.74) is 0.424. The van der Waals surface area contributed by atoms with E-state index in [2.05, 4.69) is 0 Å². The van der Waals surface area contributed by atoms with Crippen LogP contribution in [0.5, 0.6) is 23.0 Å². The Morgan fingerprint density at radius 2 is 1.78 bits per heavy atom. The molecule has 27 heavy (non-hydrogen) atoms. The molecule has 0 aromatic heterocycles. The van der Waals surface area contributed by atoms with Crippen molar-refractivity contribution >= 4 is 16.6 Å². The first-order valence-corrected chi connectivity index (χ1v) is 8.35. The van der Waals surface area contributed by atoms with Gasteiger partial charge in [-0.2, -0.15) is 0 Å². The van der Waals surface area contributed by atoms with Gasteiger partial charge >= 0.3 is 0 Å². The van der Waals surface area contributed by atoms with E-state index in [1.54, 1.807) is 12.1 Å². The van der Waals surface area contributed by atoms with Crippen LogP contribution >= 0.6 is 0 Å². The molecule has 3 rings (SSSR count). The van der Waals surface area contributed by atoms with Gasteiger partial charge in [0.15, 0.2) is 12.6 Å². The topological polar surface area (TPSA) is 104 Å². The minimum absolute atomic E-state index is 0.0381. The van der Waals surface area contributed by atoms with Crippen LogP contribution in [0.1, 0.15) is 22.3 Å². The van der Waals surface area contributed by atoms with E-state index in [0.29, 0.717) is 16.7 Å². The number of methoxy groups -OCH3 is 3. The minimum Gasteiger partial charge on any atom is -0.507 e. The second-order valence-corrected chi connectivity index (χ2v) is 6.18. The maximum Gasteiger partial charge on any atom is 0.188 e. The Balaban J connectivity index is 2.20. The Morgan fingerprint density at radius 1 is 1.04 bits per heavy atom. The molecule has 1 aliphatic rings. The lowest BCUT2D eigenvalue weighted by Gasteiger charge is -2.26. The van der Waals surface area contributed by atoms with E-state index in [1.165, 1.54) is 21.3 Å². The fourth-order valence-corrected chi connectivity index (χ4v) is 3.31. The largest absolute Gasteiger partial charge is 0.507 e. The highest BCUT2D eigenvalue weighted by Crippen LogP contribution is 2.48. The fraction of sp³-hybridized carbons (Fsp3) is 0.421. The molecule has 0 saturated carbocycles. The molecule has 0 aliphatic heterocycles. The molecular weight excluding hydrogens is 356 g/mol. The van der Waals surface area contributed by atoms with Crippen molar-refractivity contribution in [1.29, 1.82) is 0 Å². The number of aromatic hydroxyl groups is 2. The molecule has 0 amide bonds. The van der Waals surface area contributed by atoms with Gasteiger partial charge in [-0.3, -0.25) is 4.79 Å². The van der Waals surface area contributed by atoms with Gasteiger partial charge in [-0.1, -0.05) is 0 Å². The zero-order valence-electron chi connectivity index (χ0n) is 15.4. The Kier molecular flexibility index (Phi) is 5.69. The Bertz CT molecular complexity index is 861. The van der Waals surface area contributed by atoms with E-state index in [4.69, 9.17) is 23.7 Å². The van der Waals surface area contributed by atoms with E-state index in [9.17, 15) is 15.0 Å². The molecule has 2 aromatic rings. The fourth-order valence-electron chi connectivity index (χ4n) is 3.31. The van der Waals surface area contributed by atoms with Crippen LogP contribution in [0.25, 0.3) is 10.8 Å². The zero-order valence-corrected chi connectivity index (χ0v) is 15.4. The van der Waals surface area contributed by atoms with E-state index in [-0.39, 0.29) is 60.4 Å². The number of ketones is 1. The average Bonchev–Trinajstić information content (AvgIpc) is 2.67. The third-order valence-electron chi connectivity index (χ3n) is 4.51. The highest BCUT2D eigenvalue weighted by molar-refractivity contribution is 6.11. The monoisotopic (exact) mass is 378 g/mol. The third kappa shape index (κ3) is 3.51. The van der Waals surface area contributed by atoms with Crippen molar-refractivity contribution in [2.45, 2.75) is 18.9 Å². The lowest BCUT2D eigenvalue weighted by molar-refractivity contribution is -0.0718. The number of hydrogen-bond acceptors (Lipinski definition) is 8. The van der Waals surface area contributed by atoms with E-state index in [1.807, 2.05) is 0 Å². The lowest BCUT2D eigenvalue weighted by Crippen LogP contribution is -2.28. The summed E-state index contributed by atoms with van der Waals surface area (Å²) >= 11 is 0. The Hall–Kier alpha value is -2.55. The lowest BCUT2D eigenvalue weighted by atomic mass is 9.84. The maximum atomic E-state index is 12.6. The quantitative estimate of drug-likeness (QED) is 0.559. The van der Waals surface area contributed by atoms with Gasteiger partial charge in [0.25, 0.3) is 0 Å². The second kappa shape index (κ2) is 7.99. The summed E-state index contributed by atoms with van der Waals surface area (Å²) in [6.45, 7) is -0.0309. The first-order chi connectivity index (χ1) is 13.0. The third-order valence-corrected chi connectivity index (χ3v) is 4.51. The molecule has 2 aromatic carbocycles. The van der Waals surface area contributed by atoms with Gasteiger partial charge in [-0.15, -0.1) is 0 Å². The summed E-state index contributed by atoms with van der Waals surface area (Å²) in [5.74, 6) is 0.00488. The smallest absolute Gasteiger partial charge is 0.188 e. The molecule has 146 valence electrons. The molecule has 0 saturated heterocycles. The number of phenols is 2. The maximum absolute atomic E-state index is 12.6. The molecule has 0 radical (unpaired) electrons. The number of benzene rings is 2. The number of phenolic OH excluding ortho intramolecular Hbond substituents is 2. The number of carbonyl (C=O) groups excluding carboxylic acids is 1. The Morgan fingerprint density at radius 3 is 2.44 bits per heavy atom. The van der Waals surface area contributed by atoms with E-state index >= 15 is 0 Å². The van der Waals surface area contributed by atoms with Crippen LogP contribution < -0.4 is 9.47 Å². The van der Waals surface area contributed by atoms with Crippen molar-refractivity contribution in [1.82, 2.24) is 0 Å². The van der Waals surface area contributed by atoms with Crippen LogP contribution in [0.15, 0.2) is 12.1 Å². The number of ether oxygens (including phenoxy) is 5. The minimum atomic E-state index is -0.442. The standard InChI is InChI=1S/C19H22O8/c1-23-8-26-11-5-12-16(14(20)6-11)19(22)17-13(18(12)21)4-10(25-3)7-15(17)27-9-24-2/h4,7,11,21-22H,5-6,8-9H2,1-3H3/t11-/m0/s1. The SMILES string of the molecule is COCOc1cc(OC)cc2c(O)c3c(c(O)c12)C(=O)C[C@@H](OCOC)C3. The van der Waals surface area contributed by atoms with Crippen molar-refractivity contribution in [3.8, 4) is 23.0 Å². The molecule has 0 spiro atoms. The van der Waals surface area contributed by atoms with Crippen LogP contribution in [-0.4, -0.2) is 57.0 Å². The molecule has 1 aliphatic carbocycles. The number of fused-ring (bicyclic) bond motifs is 2. The summed E-state index contributed by atoms with van der Waals surface area (Å²) in [5, 5.41) is 22.2. The van der Waals surface area contributed by atoms with Gasteiger partial charge in [-0.25, -0.2) is 0 Å². The number of carbonyl (C=O) groups is 1. The predicted octanol–water partition coefficient (Wildman–Crippen LogP) is 2.36. The summed E-state index contributed by atoms with van der Waals surface area (Å²) in [7, 11) is 4.43. The average molecular weight is 378 g/mol. The molecule has 1 atom stereocenters. The van der Waals surface area contributed by atoms with Crippen LogP contribution in [0.2, 0.25) is 0 Å². The highest BCUT2D eigenvalue weighted by Gasteiger charge is 2.33. The molecule has 8 heteroatoms. The van der Waals surface area contributed by atoms with Gasteiger partial charge in [0, 0.05) is 44.1 Å². The normalized spacial score (nSPS) is 16.4. The van der Waals surface area contributed by atoms with Crippen LogP contribution in [-0.2, 0) is 20.6 Å². The van der Waals surface area contributed by atoms with Crippen LogP contribution in [0, 0.1) is 0 Å². The van der Waals surface area contributed by atoms with Gasteiger partial charge in [-0.05, 0) is 6.07 Å². The molecule has 8 nitrogen and oxygen atoms in total. The summed E-state index contributed by atoms with van der Waals surface area (Å²) in [6, 6.07) is 3.14. The van der Waals surface area contributed by atoms with E-state index < -0.39 is 6.10 Å². The van der Waals surface area contributed by atoms with Crippen LogP contribution in [0.4, 0.5) is 0 Å². The molecular formula is C19H22O8. The predicted molar refractivity (Wildman–Crippen MR) is 95.7 cm³/mol. The molecule has 0 fully saturated rings. The number of Topliss-reactive ketones (excluding diaryl/α,β-unsaturated/α-hetero) is 1. The highest BCUT2D eigenvalue weighted by atomic mass is 16.7. The second-order valence-electron chi connectivity index (χ2n) is 6.18. The van der Waals surface area contributed by atoms with Crippen molar-refractivity contribution in [3.63, 3.8) is 0 Å². The first-order valence-electron chi connectivity index (χ1n) is 8.35. The molecule has 0 bridgehead atoms. The van der Waals surface area contributed by atoms with Crippen molar-refractivity contribution in [2.75, 3.05) is 34.9 Å². The van der Waals surface area contributed by atoms with Crippen LogP contribution in [0.3, 0.4) is 0 Å². The summed E-state index contributed by atoms with van der Waals surface area (Å²) in [6.07, 6.45) is -0.0904. The van der Waals surface area contributed by atoms with Crippen molar-refractivity contribution in [3.05, 3.63) is 23.3 Å². The number of hydrogen-bond donors (Lipinski definition) is 2. The van der Waals surface area contributed by atoms with Gasteiger partial charge in [0.1, 0.15) is 29.8 Å².